The number of benzene rings is 1. The fourth-order valence-electron chi connectivity index (χ4n) is 3.26. The average molecular weight is 343 g/mol. The number of carbonyl (C=O) groups excluding carboxylic acids is 1. The lowest BCUT2D eigenvalue weighted by Crippen LogP contribution is -2.36. The van der Waals surface area contributed by atoms with Gasteiger partial charge in [-0.2, -0.15) is 0 Å². The average Bonchev–Trinajstić information content (AvgIpc) is 3.17. The Labute approximate surface area is 148 Å². The standard InChI is InChI=1S/C19H25N3OS/c1-15-18(24-14-20-15)13-22(12-16-7-4-3-5-8-16)19(23)11-17-9-6-10-21(17)2/h3-5,7-8,14,17H,6,9-13H2,1-2H3/t17-/m1/s1. The highest BCUT2D eigenvalue weighted by molar-refractivity contribution is 7.09. The lowest BCUT2D eigenvalue weighted by molar-refractivity contribution is -0.133. The van der Waals surface area contributed by atoms with Crippen LogP contribution < -0.4 is 0 Å². The Morgan fingerprint density at radius 3 is 2.75 bits per heavy atom. The van der Waals surface area contributed by atoms with Crippen molar-refractivity contribution in [1.82, 2.24) is 14.8 Å². The van der Waals surface area contributed by atoms with Gasteiger partial charge in [-0.15, -0.1) is 11.3 Å². The summed E-state index contributed by atoms with van der Waals surface area (Å²) in [5.41, 5.74) is 4.07. The van der Waals surface area contributed by atoms with E-state index in [2.05, 4.69) is 29.1 Å². The lowest BCUT2D eigenvalue weighted by Gasteiger charge is -2.26. The topological polar surface area (TPSA) is 36.4 Å². The second-order valence-corrected chi connectivity index (χ2v) is 7.52. The Bertz CT molecular complexity index is 670. The van der Waals surface area contributed by atoms with E-state index in [9.17, 15) is 4.79 Å². The molecule has 2 aromatic rings. The summed E-state index contributed by atoms with van der Waals surface area (Å²) < 4.78 is 0. The molecule has 2 heterocycles. The summed E-state index contributed by atoms with van der Waals surface area (Å²) in [6, 6.07) is 10.6. The van der Waals surface area contributed by atoms with E-state index >= 15 is 0 Å². The first-order chi connectivity index (χ1) is 11.6. The first-order valence-electron chi connectivity index (χ1n) is 8.54. The zero-order chi connectivity index (χ0) is 16.9. The van der Waals surface area contributed by atoms with Crippen LogP contribution in [0.2, 0.25) is 0 Å². The lowest BCUT2D eigenvalue weighted by atomic mass is 10.1. The first kappa shape index (κ1) is 17.1. The molecule has 5 heteroatoms. The van der Waals surface area contributed by atoms with Crippen molar-refractivity contribution >= 4 is 17.2 Å². The van der Waals surface area contributed by atoms with Crippen molar-refractivity contribution < 1.29 is 4.79 Å². The molecule has 0 saturated carbocycles. The maximum absolute atomic E-state index is 13.0. The maximum atomic E-state index is 13.0. The van der Waals surface area contributed by atoms with Gasteiger partial charge in [0.15, 0.2) is 0 Å². The Morgan fingerprint density at radius 1 is 1.33 bits per heavy atom. The van der Waals surface area contributed by atoms with Crippen LogP contribution in [0.5, 0.6) is 0 Å². The first-order valence-corrected chi connectivity index (χ1v) is 9.42. The van der Waals surface area contributed by atoms with Gasteiger partial charge in [0, 0.05) is 23.9 Å². The van der Waals surface area contributed by atoms with E-state index in [0.717, 1.165) is 18.7 Å². The molecule has 0 bridgehead atoms. The molecule has 3 rings (SSSR count). The number of aromatic nitrogens is 1. The molecule has 1 fully saturated rings. The largest absolute Gasteiger partial charge is 0.333 e. The molecule has 0 N–H and O–H groups in total. The summed E-state index contributed by atoms with van der Waals surface area (Å²) in [5.74, 6) is 0.241. The Morgan fingerprint density at radius 2 is 2.12 bits per heavy atom. The van der Waals surface area contributed by atoms with Gasteiger partial charge in [-0.1, -0.05) is 30.3 Å². The number of aryl methyl sites for hydroxylation is 1. The van der Waals surface area contributed by atoms with Crippen LogP contribution in [0.1, 0.15) is 35.4 Å². The van der Waals surface area contributed by atoms with Crippen LogP contribution in [0.4, 0.5) is 0 Å². The summed E-state index contributed by atoms with van der Waals surface area (Å²) >= 11 is 1.63. The van der Waals surface area contributed by atoms with E-state index < -0.39 is 0 Å². The molecule has 1 amide bonds. The molecule has 0 unspecified atom stereocenters. The van der Waals surface area contributed by atoms with Gasteiger partial charge < -0.3 is 9.80 Å². The Balaban J connectivity index is 1.73. The molecular formula is C19H25N3OS. The van der Waals surface area contributed by atoms with E-state index in [-0.39, 0.29) is 5.91 Å². The van der Waals surface area contributed by atoms with Crippen molar-refractivity contribution in [2.75, 3.05) is 13.6 Å². The molecular weight excluding hydrogens is 318 g/mol. The second kappa shape index (κ2) is 7.90. The van der Waals surface area contributed by atoms with Gasteiger partial charge in [0.2, 0.25) is 5.91 Å². The van der Waals surface area contributed by atoms with Crippen molar-refractivity contribution in [3.63, 3.8) is 0 Å². The van der Waals surface area contributed by atoms with E-state index in [1.54, 1.807) is 11.3 Å². The van der Waals surface area contributed by atoms with E-state index in [1.807, 2.05) is 35.5 Å². The number of rotatable bonds is 6. The third kappa shape index (κ3) is 4.22. The summed E-state index contributed by atoms with van der Waals surface area (Å²) in [6.45, 7) is 4.43. The SMILES string of the molecule is Cc1ncsc1CN(Cc1ccccc1)C(=O)C[C@H]1CCCN1C. The number of amides is 1. The Kier molecular flexibility index (Phi) is 5.63. The molecule has 0 spiro atoms. The van der Waals surface area contributed by atoms with Crippen LogP contribution in [0, 0.1) is 6.92 Å². The smallest absolute Gasteiger partial charge is 0.224 e. The molecule has 0 radical (unpaired) electrons. The minimum atomic E-state index is 0.241. The van der Waals surface area contributed by atoms with Gasteiger partial charge in [0.25, 0.3) is 0 Å². The number of carbonyl (C=O) groups is 1. The monoisotopic (exact) mass is 343 g/mol. The van der Waals surface area contributed by atoms with Crippen LogP contribution in [-0.4, -0.2) is 40.3 Å². The van der Waals surface area contributed by atoms with Crippen molar-refractivity contribution in [2.45, 2.75) is 45.3 Å². The third-order valence-electron chi connectivity index (χ3n) is 4.83. The predicted octanol–water partition coefficient (Wildman–Crippen LogP) is 3.46. The predicted molar refractivity (Wildman–Crippen MR) is 97.8 cm³/mol. The number of thiazole rings is 1. The Hall–Kier alpha value is -1.72. The molecule has 1 aliphatic rings. The van der Waals surface area contributed by atoms with Crippen molar-refractivity contribution in [2.24, 2.45) is 0 Å². The van der Waals surface area contributed by atoms with Gasteiger partial charge in [-0.3, -0.25) is 4.79 Å². The maximum Gasteiger partial charge on any atom is 0.224 e. The molecule has 1 aromatic carbocycles. The van der Waals surface area contributed by atoms with Gasteiger partial charge in [0.05, 0.1) is 17.7 Å². The minimum Gasteiger partial charge on any atom is -0.333 e. The zero-order valence-electron chi connectivity index (χ0n) is 14.4. The minimum absolute atomic E-state index is 0.241. The number of likely N-dealkylation sites (tertiary alicyclic amines) is 1. The van der Waals surface area contributed by atoms with Crippen LogP contribution >= 0.6 is 11.3 Å². The van der Waals surface area contributed by atoms with Gasteiger partial charge in [-0.25, -0.2) is 4.98 Å². The number of hydrogen-bond donors (Lipinski definition) is 0. The van der Waals surface area contributed by atoms with E-state index in [0.29, 0.717) is 25.6 Å². The highest BCUT2D eigenvalue weighted by Crippen LogP contribution is 2.22. The number of hydrogen-bond acceptors (Lipinski definition) is 4. The highest BCUT2D eigenvalue weighted by atomic mass is 32.1. The molecule has 0 aliphatic carbocycles. The molecule has 128 valence electrons. The summed E-state index contributed by atoms with van der Waals surface area (Å²) in [4.78, 5) is 22.8. The summed E-state index contributed by atoms with van der Waals surface area (Å²) in [5, 5.41) is 0. The normalized spacial score (nSPS) is 18.0. The van der Waals surface area contributed by atoms with E-state index in [4.69, 9.17) is 0 Å². The van der Waals surface area contributed by atoms with Crippen molar-refractivity contribution in [3.05, 3.63) is 52.0 Å². The summed E-state index contributed by atoms with van der Waals surface area (Å²) in [6.07, 6.45) is 2.93. The molecule has 4 nitrogen and oxygen atoms in total. The van der Waals surface area contributed by atoms with Crippen molar-refractivity contribution in [1.29, 1.82) is 0 Å². The van der Waals surface area contributed by atoms with Crippen LogP contribution in [-0.2, 0) is 17.9 Å². The number of nitrogens with zero attached hydrogens (tertiary/aromatic N) is 3. The molecule has 1 aliphatic heterocycles. The van der Waals surface area contributed by atoms with Gasteiger partial charge in [0.1, 0.15) is 0 Å². The highest BCUT2D eigenvalue weighted by Gasteiger charge is 2.26. The van der Waals surface area contributed by atoms with Crippen LogP contribution in [0.3, 0.4) is 0 Å². The molecule has 1 saturated heterocycles. The van der Waals surface area contributed by atoms with Crippen LogP contribution in [0.15, 0.2) is 35.8 Å². The fourth-order valence-corrected chi connectivity index (χ4v) is 4.05. The molecule has 1 atom stereocenters. The van der Waals surface area contributed by atoms with Crippen molar-refractivity contribution in [3.8, 4) is 0 Å². The third-order valence-corrected chi connectivity index (χ3v) is 5.75. The fraction of sp³-hybridized carbons (Fsp3) is 0.474. The summed E-state index contributed by atoms with van der Waals surface area (Å²) in [7, 11) is 2.12. The second-order valence-electron chi connectivity index (χ2n) is 6.58. The van der Waals surface area contributed by atoms with Gasteiger partial charge in [-0.05, 0) is 38.9 Å². The van der Waals surface area contributed by atoms with Gasteiger partial charge >= 0.3 is 0 Å². The van der Waals surface area contributed by atoms with E-state index in [1.165, 1.54) is 16.9 Å². The molecule has 1 aromatic heterocycles. The van der Waals surface area contributed by atoms with Crippen LogP contribution in [0.25, 0.3) is 0 Å². The molecule has 24 heavy (non-hydrogen) atoms. The zero-order valence-corrected chi connectivity index (χ0v) is 15.3. The quantitative estimate of drug-likeness (QED) is 0.806.